The summed E-state index contributed by atoms with van der Waals surface area (Å²) in [5.74, 6) is 1.25. The monoisotopic (exact) mass is 298 g/mol. The quantitative estimate of drug-likeness (QED) is 0.926. The Bertz CT molecular complexity index is 479. The molecule has 0 bridgehead atoms. The van der Waals surface area contributed by atoms with Crippen LogP contribution in [0, 0.1) is 5.92 Å². The van der Waals surface area contributed by atoms with E-state index in [0.717, 1.165) is 18.7 Å². The van der Waals surface area contributed by atoms with Crippen molar-refractivity contribution in [2.24, 2.45) is 5.92 Å². The summed E-state index contributed by atoms with van der Waals surface area (Å²) in [5, 5.41) is 10.8. The first-order valence-corrected chi connectivity index (χ1v) is 7.24. The molecule has 5 heteroatoms. The van der Waals surface area contributed by atoms with Gasteiger partial charge in [0.1, 0.15) is 0 Å². The maximum atomic E-state index is 10.2. The SMILES string of the molecule is COc1cc(Cl)cc(CN2CC(C)C(N(C)C)C2)c1O. The zero-order valence-corrected chi connectivity index (χ0v) is 13.3. The lowest BCUT2D eigenvalue weighted by Crippen LogP contribution is -2.34. The van der Waals surface area contributed by atoms with Gasteiger partial charge in [-0.05, 0) is 26.1 Å². The molecular weight excluding hydrogens is 276 g/mol. The zero-order chi connectivity index (χ0) is 14.9. The fraction of sp³-hybridized carbons (Fsp3) is 0.600. The van der Waals surface area contributed by atoms with Gasteiger partial charge < -0.3 is 14.7 Å². The average Bonchev–Trinajstić information content (AvgIpc) is 2.74. The molecule has 1 N–H and O–H groups in total. The Labute approximate surface area is 125 Å². The predicted octanol–water partition coefficient (Wildman–Crippen LogP) is 2.44. The molecule has 0 amide bonds. The number of hydrogen-bond acceptors (Lipinski definition) is 4. The number of methoxy groups -OCH3 is 1. The van der Waals surface area contributed by atoms with Gasteiger partial charge in [-0.1, -0.05) is 18.5 Å². The topological polar surface area (TPSA) is 35.9 Å². The summed E-state index contributed by atoms with van der Waals surface area (Å²) in [5.41, 5.74) is 0.820. The highest BCUT2D eigenvalue weighted by Crippen LogP contribution is 2.35. The minimum absolute atomic E-state index is 0.192. The van der Waals surface area contributed by atoms with Crippen molar-refractivity contribution < 1.29 is 9.84 Å². The maximum absolute atomic E-state index is 10.2. The van der Waals surface area contributed by atoms with Crippen molar-refractivity contribution in [2.45, 2.75) is 19.5 Å². The van der Waals surface area contributed by atoms with E-state index in [-0.39, 0.29) is 5.75 Å². The third kappa shape index (κ3) is 3.19. The summed E-state index contributed by atoms with van der Waals surface area (Å²) in [6, 6.07) is 4.00. The fourth-order valence-electron chi connectivity index (χ4n) is 2.99. The van der Waals surface area contributed by atoms with E-state index in [0.29, 0.717) is 29.3 Å². The zero-order valence-electron chi connectivity index (χ0n) is 12.6. The molecule has 4 nitrogen and oxygen atoms in total. The minimum atomic E-state index is 0.192. The summed E-state index contributed by atoms with van der Waals surface area (Å²) in [4.78, 5) is 4.61. The van der Waals surface area contributed by atoms with Gasteiger partial charge in [-0.15, -0.1) is 0 Å². The summed E-state index contributed by atoms with van der Waals surface area (Å²) in [6.07, 6.45) is 0. The lowest BCUT2D eigenvalue weighted by atomic mass is 10.1. The van der Waals surface area contributed by atoms with E-state index in [1.165, 1.54) is 7.11 Å². The van der Waals surface area contributed by atoms with Gasteiger partial charge in [-0.25, -0.2) is 0 Å². The summed E-state index contributed by atoms with van der Waals surface area (Å²) >= 11 is 6.08. The largest absolute Gasteiger partial charge is 0.504 e. The lowest BCUT2D eigenvalue weighted by Gasteiger charge is -2.22. The van der Waals surface area contributed by atoms with Crippen molar-refractivity contribution in [2.75, 3.05) is 34.3 Å². The summed E-state index contributed by atoms with van der Waals surface area (Å²) < 4.78 is 5.15. The normalized spacial score (nSPS) is 23.5. The number of benzene rings is 1. The molecule has 0 saturated carbocycles. The van der Waals surface area contributed by atoms with E-state index >= 15 is 0 Å². The molecule has 1 aromatic rings. The number of aromatic hydroxyl groups is 1. The molecule has 1 heterocycles. The smallest absolute Gasteiger partial charge is 0.162 e. The molecule has 1 aliphatic heterocycles. The third-order valence-corrected chi connectivity index (χ3v) is 4.26. The highest BCUT2D eigenvalue weighted by Gasteiger charge is 2.31. The Morgan fingerprint density at radius 2 is 2.10 bits per heavy atom. The van der Waals surface area contributed by atoms with Gasteiger partial charge in [-0.3, -0.25) is 4.90 Å². The molecule has 0 aromatic heterocycles. The van der Waals surface area contributed by atoms with E-state index in [9.17, 15) is 5.11 Å². The number of ether oxygens (including phenoxy) is 1. The number of nitrogens with zero attached hydrogens (tertiary/aromatic N) is 2. The highest BCUT2D eigenvalue weighted by molar-refractivity contribution is 6.30. The second kappa shape index (κ2) is 6.20. The second-order valence-electron chi connectivity index (χ2n) is 5.82. The second-order valence-corrected chi connectivity index (χ2v) is 6.25. The molecule has 2 unspecified atom stereocenters. The number of hydrogen-bond donors (Lipinski definition) is 1. The van der Waals surface area contributed by atoms with Gasteiger partial charge in [0, 0.05) is 42.3 Å². The van der Waals surface area contributed by atoms with Crippen LogP contribution < -0.4 is 4.74 Å². The van der Waals surface area contributed by atoms with Gasteiger partial charge in [0.2, 0.25) is 0 Å². The Morgan fingerprint density at radius 1 is 1.40 bits per heavy atom. The van der Waals surface area contributed by atoms with Crippen molar-refractivity contribution in [3.63, 3.8) is 0 Å². The molecule has 2 atom stereocenters. The third-order valence-electron chi connectivity index (χ3n) is 4.04. The maximum Gasteiger partial charge on any atom is 0.162 e. The molecule has 20 heavy (non-hydrogen) atoms. The molecule has 0 radical (unpaired) electrons. The van der Waals surface area contributed by atoms with E-state index in [1.54, 1.807) is 6.07 Å². The van der Waals surface area contributed by atoms with Crippen LogP contribution in [0.5, 0.6) is 11.5 Å². The average molecular weight is 299 g/mol. The first kappa shape index (κ1) is 15.4. The highest BCUT2D eigenvalue weighted by atomic mass is 35.5. The van der Waals surface area contributed by atoms with Crippen LogP contribution >= 0.6 is 11.6 Å². The van der Waals surface area contributed by atoms with Crippen LogP contribution in [0.1, 0.15) is 12.5 Å². The molecule has 112 valence electrons. The molecular formula is C15H23ClN2O2. The molecule has 1 aromatic carbocycles. The van der Waals surface area contributed by atoms with Gasteiger partial charge >= 0.3 is 0 Å². The number of phenols is 1. The molecule has 2 rings (SSSR count). The number of halogens is 1. The van der Waals surface area contributed by atoms with Gasteiger partial charge in [0.05, 0.1) is 7.11 Å². The minimum Gasteiger partial charge on any atom is -0.504 e. The Kier molecular flexibility index (Phi) is 4.78. The van der Waals surface area contributed by atoms with Crippen LogP contribution in [0.2, 0.25) is 5.02 Å². The molecule has 1 aliphatic rings. The summed E-state index contributed by atoms with van der Waals surface area (Å²) in [6.45, 7) is 4.99. The van der Waals surface area contributed by atoms with Gasteiger partial charge in [0.25, 0.3) is 0 Å². The van der Waals surface area contributed by atoms with Gasteiger partial charge in [0.15, 0.2) is 11.5 Å². The van der Waals surface area contributed by atoms with Gasteiger partial charge in [-0.2, -0.15) is 0 Å². The van der Waals surface area contributed by atoms with Crippen LogP contribution in [0.25, 0.3) is 0 Å². The van der Waals surface area contributed by atoms with Crippen LogP contribution in [0.3, 0.4) is 0 Å². The van der Waals surface area contributed by atoms with Crippen LogP contribution in [0.15, 0.2) is 12.1 Å². The van der Waals surface area contributed by atoms with Crippen molar-refractivity contribution in [3.05, 3.63) is 22.7 Å². The standard InChI is InChI=1S/C15H23ClN2O2/c1-10-7-18(9-13(10)17(2)3)8-11-5-12(16)6-14(20-4)15(11)19/h5-6,10,13,19H,7-9H2,1-4H3. The van der Waals surface area contributed by atoms with Crippen molar-refractivity contribution >= 4 is 11.6 Å². The number of likely N-dealkylation sites (tertiary alicyclic amines) is 1. The van der Waals surface area contributed by atoms with Crippen LogP contribution in [-0.4, -0.2) is 55.2 Å². The van der Waals surface area contributed by atoms with Crippen molar-refractivity contribution in [3.8, 4) is 11.5 Å². The molecule has 0 spiro atoms. The van der Waals surface area contributed by atoms with Crippen molar-refractivity contribution in [1.82, 2.24) is 9.80 Å². The Morgan fingerprint density at radius 3 is 2.65 bits per heavy atom. The van der Waals surface area contributed by atoms with E-state index in [4.69, 9.17) is 16.3 Å². The Hall–Kier alpha value is -0.970. The number of likely N-dealkylation sites (N-methyl/N-ethyl adjacent to an activating group) is 1. The fourth-order valence-corrected chi connectivity index (χ4v) is 3.23. The lowest BCUT2D eigenvalue weighted by molar-refractivity contribution is 0.249. The molecule has 1 saturated heterocycles. The first-order chi connectivity index (χ1) is 9.42. The first-order valence-electron chi connectivity index (χ1n) is 6.86. The van der Waals surface area contributed by atoms with Crippen molar-refractivity contribution in [1.29, 1.82) is 0 Å². The molecule has 1 fully saturated rings. The number of rotatable bonds is 4. The van der Waals surface area contributed by atoms with Crippen LogP contribution in [0.4, 0.5) is 0 Å². The molecule has 0 aliphatic carbocycles. The van der Waals surface area contributed by atoms with E-state index in [1.807, 2.05) is 6.07 Å². The Balaban J connectivity index is 2.13. The van der Waals surface area contributed by atoms with E-state index in [2.05, 4.69) is 30.8 Å². The summed E-state index contributed by atoms with van der Waals surface area (Å²) in [7, 11) is 5.77. The number of phenolic OH excluding ortho intramolecular Hbond substituents is 1. The van der Waals surface area contributed by atoms with E-state index < -0.39 is 0 Å². The predicted molar refractivity (Wildman–Crippen MR) is 81.6 cm³/mol. The van der Waals surface area contributed by atoms with Crippen LogP contribution in [-0.2, 0) is 6.54 Å².